The third-order valence-electron chi connectivity index (χ3n) is 5.53. The van der Waals surface area contributed by atoms with E-state index in [1.165, 1.54) is 11.1 Å². The van der Waals surface area contributed by atoms with Gasteiger partial charge in [-0.15, -0.1) is 0 Å². The van der Waals surface area contributed by atoms with E-state index in [1.807, 2.05) is 0 Å². The fraction of sp³-hybridized carbons (Fsp3) is 0.550. The first-order valence-corrected chi connectivity index (χ1v) is 8.73. The molecule has 1 atom stereocenters. The minimum absolute atomic E-state index is 0.100. The van der Waals surface area contributed by atoms with E-state index in [0.717, 1.165) is 44.3 Å². The summed E-state index contributed by atoms with van der Waals surface area (Å²) in [6.07, 6.45) is 7.35. The Kier molecular flexibility index (Phi) is 4.49. The highest BCUT2D eigenvalue weighted by Crippen LogP contribution is 2.46. The molecule has 2 aliphatic rings. The van der Waals surface area contributed by atoms with Crippen LogP contribution in [0.1, 0.15) is 57.1 Å². The Balaban J connectivity index is 1.87. The molecule has 0 bridgehead atoms. The van der Waals surface area contributed by atoms with Gasteiger partial charge in [-0.2, -0.15) is 0 Å². The minimum atomic E-state index is 0.100. The highest BCUT2D eigenvalue weighted by molar-refractivity contribution is 6.22. The monoisotopic (exact) mass is 297 g/mol. The van der Waals surface area contributed by atoms with Gasteiger partial charge < -0.3 is 5.32 Å². The van der Waals surface area contributed by atoms with Gasteiger partial charge in [0.05, 0.1) is 0 Å². The zero-order valence-electron chi connectivity index (χ0n) is 13.8. The van der Waals surface area contributed by atoms with Crippen LogP contribution in [0.15, 0.2) is 30.3 Å². The topological polar surface area (TPSA) is 29.1 Å². The first kappa shape index (κ1) is 15.5. The quantitative estimate of drug-likeness (QED) is 0.886. The molecule has 2 heteroatoms. The molecule has 1 aliphatic carbocycles. The fourth-order valence-electron chi connectivity index (χ4n) is 3.82. The molecule has 1 aliphatic heterocycles. The number of hydrogen-bond acceptors (Lipinski definition) is 2. The van der Waals surface area contributed by atoms with Crippen LogP contribution >= 0.6 is 0 Å². The lowest BCUT2D eigenvalue weighted by Crippen LogP contribution is -2.37. The van der Waals surface area contributed by atoms with E-state index in [0.29, 0.717) is 18.1 Å². The first-order chi connectivity index (χ1) is 10.7. The van der Waals surface area contributed by atoms with Crippen LogP contribution in [-0.4, -0.2) is 18.9 Å². The van der Waals surface area contributed by atoms with Gasteiger partial charge in [0.25, 0.3) is 0 Å². The van der Waals surface area contributed by atoms with Crippen LogP contribution < -0.4 is 5.32 Å². The van der Waals surface area contributed by atoms with E-state index in [9.17, 15) is 4.79 Å². The molecule has 1 saturated heterocycles. The average Bonchev–Trinajstić information content (AvgIpc) is 2.88. The van der Waals surface area contributed by atoms with Crippen LogP contribution in [0.3, 0.4) is 0 Å². The maximum Gasteiger partial charge on any atom is 0.163 e. The Morgan fingerprint density at radius 1 is 1.27 bits per heavy atom. The fourth-order valence-corrected chi connectivity index (χ4v) is 3.82. The summed E-state index contributed by atoms with van der Waals surface area (Å²) in [4.78, 5) is 12.8. The van der Waals surface area contributed by atoms with Crippen molar-refractivity contribution in [1.29, 1.82) is 0 Å². The van der Waals surface area contributed by atoms with Gasteiger partial charge in [-0.05, 0) is 49.4 Å². The van der Waals surface area contributed by atoms with Crippen molar-refractivity contribution in [3.05, 3.63) is 41.5 Å². The summed E-state index contributed by atoms with van der Waals surface area (Å²) in [6.45, 7) is 6.51. The van der Waals surface area contributed by atoms with Crippen molar-refractivity contribution >= 4 is 11.4 Å². The van der Waals surface area contributed by atoms with Gasteiger partial charge in [0, 0.05) is 17.4 Å². The molecule has 1 heterocycles. The van der Waals surface area contributed by atoms with E-state index in [1.54, 1.807) is 0 Å². The number of fused-ring (bicyclic) bond motifs is 2. The normalized spacial score (nSPS) is 20.5. The summed E-state index contributed by atoms with van der Waals surface area (Å²) >= 11 is 0. The summed E-state index contributed by atoms with van der Waals surface area (Å²) < 4.78 is 0. The van der Waals surface area contributed by atoms with Gasteiger partial charge in [-0.3, -0.25) is 4.79 Å². The van der Waals surface area contributed by atoms with E-state index in [-0.39, 0.29) is 5.41 Å². The van der Waals surface area contributed by atoms with Gasteiger partial charge in [-0.1, -0.05) is 50.6 Å². The standard InChI is InChI=1S/C20H27NO/c1-3-15(2)8-9-19(22)17-14-20(10-12-21-13-11-20)18-7-5-4-6-16(17)18/h4-7,14-15,21H,3,8-13H2,1-2H3/t15-/m1/s1. The molecule has 3 rings (SSSR count). The Labute approximate surface area is 134 Å². The van der Waals surface area contributed by atoms with Crippen LogP contribution in [0.5, 0.6) is 0 Å². The molecule has 1 aromatic rings. The Morgan fingerprint density at radius 2 is 2.00 bits per heavy atom. The third kappa shape index (κ3) is 2.77. The Hall–Kier alpha value is -1.41. The molecule has 118 valence electrons. The van der Waals surface area contributed by atoms with Crippen LogP contribution in [0.25, 0.3) is 5.57 Å². The number of piperidine rings is 1. The van der Waals surface area contributed by atoms with Crippen LogP contribution in [-0.2, 0) is 10.2 Å². The second kappa shape index (κ2) is 6.37. The molecular weight excluding hydrogens is 270 g/mol. The number of rotatable bonds is 5. The number of nitrogens with one attached hydrogen (secondary N) is 1. The maximum atomic E-state index is 12.8. The second-order valence-corrected chi connectivity index (χ2v) is 6.99. The maximum absolute atomic E-state index is 12.8. The Morgan fingerprint density at radius 3 is 2.73 bits per heavy atom. The number of hydrogen-bond donors (Lipinski definition) is 1. The van der Waals surface area contributed by atoms with Crippen LogP contribution in [0, 0.1) is 5.92 Å². The summed E-state index contributed by atoms with van der Waals surface area (Å²) in [5.74, 6) is 0.970. The highest BCUT2D eigenvalue weighted by Gasteiger charge is 2.40. The molecule has 22 heavy (non-hydrogen) atoms. The number of carbonyl (C=O) groups excluding carboxylic acids is 1. The van der Waals surface area contributed by atoms with Crippen molar-refractivity contribution in [3.8, 4) is 0 Å². The van der Waals surface area contributed by atoms with Gasteiger partial charge in [0.1, 0.15) is 0 Å². The predicted octanol–water partition coefficient (Wildman–Crippen LogP) is 4.10. The highest BCUT2D eigenvalue weighted by atomic mass is 16.1. The predicted molar refractivity (Wildman–Crippen MR) is 91.9 cm³/mol. The van der Waals surface area contributed by atoms with E-state index >= 15 is 0 Å². The molecule has 1 aromatic carbocycles. The zero-order valence-corrected chi connectivity index (χ0v) is 13.8. The number of carbonyl (C=O) groups is 1. The molecule has 0 aromatic heterocycles. The van der Waals surface area contributed by atoms with Crippen molar-refractivity contribution in [1.82, 2.24) is 5.32 Å². The summed E-state index contributed by atoms with van der Waals surface area (Å²) in [5, 5.41) is 3.44. The van der Waals surface area contributed by atoms with Gasteiger partial charge >= 0.3 is 0 Å². The number of ketones is 1. The number of allylic oxidation sites excluding steroid dienone is 2. The van der Waals surface area contributed by atoms with E-state index in [2.05, 4.69) is 49.5 Å². The minimum Gasteiger partial charge on any atom is -0.317 e. The second-order valence-electron chi connectivity index (χ2n) is 6.99. The molecule has 0 amide bonds. The third-order valence-corrected chi connectivity index (χ3v) is 5.53. The lowest BCUT2D eigenvalue weighted by molar-refractivity contribution is -0.114. The van der Waals surface area contributed by atoms with Crippen molar-refractivity contribution < 1.29 is 4.79 Å². The molecule has 0 saturated carbocycles. The Bertz CT molecular complexity index is 581. The number of benzene rings is 1. The molecule has 1 fully saturated rings. The smallest absolute Gasteiger partial charge is 0.163 e. The van der Waals surface area contributed by atoms with Gasteiger partial charge in [0.2, 0.25) is 0 Å². The summed E-state index contributed by atoms with van der Waals surface area (Å²) in [5.41, 5.74) is 3.66. The molecule has 2 nitrogen and oxygen atoms in total. The first-order valence-electron chi connectivity index (χ1n) is 8.73. The average molecular weight is 297 g/mol. The van der Waals surface area contributed by atoms with Gasteiger partial charge in [0.15, 0.2) is 5.78 Å². The molecular formula is C20H27NO. The van der Waals surface area contributed by atoms with Crippen molar-refractivity contribution in [2.75, 3.05) is 13.1 Å². The molecule has 1 N–H and O–H groups in total. The lowest BCUT2D eigenvalue weighted by Gasteiger charge is -2.33. The molecule has 1 spiro atoms. The van der Waals surface area contributed by atoms with Crippen LogP contribution in [0.2, 0.25) is 0 Å². The van der Waals surface area contributed by atoms with E-state index < -0.39 is 0 Å². The van der Waals surface area contributed by atoms with E-state index in [4.69, 9.17) is 0 Å². The van der Waals surface area contributed by atoms with Gasteiger partial charge in [-0.25, -0.2) is 0 Å². The summed E-state index contributed by atoms with van der Waals surface area (Å²) in [6, 6.07) is 8.54. The largest absolute Gasteiger partial charge is 0.317 e. The summed E-state index contributed by atoms with van der Waals surface area (Å²) in [7, 11) is 0. The van der Waals surface area contributed by atoms with Crippen molar-refractivity contribution in [2.45, 2.75) is 51.4 Å². The zero-order chi connectivity index (χ0) is 15.6. The lowest BCUT2D eigenvalue weighted by atomic mass is 9.75. The molecule has 0 radical (unpaired) electrons. The van der Waals surface area contributed by atoms with Crippen molar-refractivity contribution in [2.24, 2.45) is 5.92 Å². The molecule has 0 unspecified atom stereocenters. The van der Waals surface area contributed by atoms with Crippen molar-refractivity contribution in [3.63, 3.8) is 0 Å². The SMILES string of the molecule is CC[C@@H](C)CCC(=O)C1=CC2(CCNCC2)c2ccccc21. The van der Waals surface area contributed by atoms with Crippen LogP contribution in [0.4, 0.5) is 0 Å². The number of Topliss-reactive ketones (excluding diaryl/α,β-unsaturated/α-hetero) is 1.